The molecule has 26 heavy (non-hydrogen) atoms. The van der Waals surface area contributed by atoms with Crippen molar-refractivity contribution in [2.75, 3.05) is 18.4 Å². The van der Waals surface area contributed by atoms with Crippen molar-refractivity contribution in [2.24, 2.45) is 5.92 Å². The fourth-order valence-electron chi connectivity index (χ4n) is 2.94. The molecule has 136 valence electrons. The van der Waals surface area contributed by atoms with Crippen LogP contribution in [0.3, 0.4) is 0 Å². The molecular weight excluding hydrogens is 378 g/mol. The summed E-state index contributed by atoms with van der Waals surface area (Å²) in [7, 11) is 0. The van der Waals surface area contributed by atoms with Crippen molar-refractivity contribution in [1.29, 1.82) is 0 Å². The number of amides is 2. The second-order valence-electron chi connectivity index (χ2n) is 6.24. The first kappa shape index (κ1) is 18.7. The van der Waals surface area contributed by atoms with E-state index in [9.17, 15) is 14.0 Å². The maximum absolute atomic E-state index is 13.2. The van der Waals surface area contributed by atoms with Crippen molar-refractivity contribution in [3.05, 3.63) is 63.9 Å². The van der Waals surface area contributed by atoms with Gasteiger partial charge in [-0.05, 0) is 42.3 Å². The Hall–Kier alpha value is -2.11. The first-order valence-electron chi connectivity index (χ1n) is 8.20. The number of hydrogen-bond donors (Lipinski definition) is 1. The Kier molecular flexibility index (Phi) is 5.79. The smallest absolute Gasteiger partial charge is 0.229 e. The summed E-state index contributed by atoms with van der Waals surface area (Å²) in [5.74, 6) is -1.31. The second-order valence-corrected chi connectivity index (χ2v) is 7.08. The van der Waals surface area contributed by atoms with E-state index in [2.05, 4.69) is 5.32 Å². The van der Waals surface area contributed by atoms with Crippen LogP contribution in [0, 0.1) is 11.7 Å². The first-order valence-corrected chi connectivity index (χ1v) is 8.96. The summed E-state index contributed by atoms with van der Waals surface area (Å²) in [5.41, 5.74) is 1.45. The van der Waals surface area contributed by atoms with Crippen LogP contribution in [0.15, 0.2) is 42.5 Å². The van der Waals surface area contributed by atoms with Gasteiger partial charge in [-0.3, -0.25) is 9.59 Å². The normalized spacial score (nSPS) is 16.8. The molecule has 0 spiro atoms. The van der Waals surface area contributed by atoms with Gasteiger partial charge in [0.25, 0.3) is 0 Å². The second kappa shape index (κ2) is 8.06. The Bertz CT molecular complexity index is 844. The molecule has 2 amide bonds. The molecular formula is C19H17Cl2FN2O2. The molecule has 2 aromatic carbocycles. The number of anilines is 1. The van der Waals surface area contributed by atoms with Crippen molar-refractivity contribution >= 4 is 40.7 Å². The monoisotopic (exact) mass is 394 g/mol. The molecule has 0 radical (unpaired) electrons. The van der Waals surface area contributed by atoms with Crippen LogP contribution in [0.1, 0.15) is 12.0 Å². The van der Waals surface area contributed by atoms with E-state index in [0.717, 1.165) is 5.56 Å². The van der Waals surface area contributed by atoms with Crippen molar-refractivity contribution in [2.45, 2.75) is 12.8 Å². The van der Waals surface area contributed by atoms with Crippen LogP contribution in [0.5, 0.6) is 0 Å². The zero-order chi connectivity index (χ0) is 18.7. The maximum Gasteiger partial charge on any atom is 0.229 e. The fourth-order valence-corrected chi connectivity index (χ4v) is 3.33. The van der Waals surface area contributed by atoms with Gasteiger partial charge < -0.3 is 10.2 Å². The zero-order valence-corrected chi connectivity index (χ0v) is 15.4. The summed E-state index contributed by atoms with van der Waals surface area (Å²) < 4.78 is 13.2. The van der Waals surface area contributed by atoms with E-state index >= 15 is 0 Å². The average molecular weight is 395 g/mol. The summed E-state index contributed by atoms with van der Waals surface area (Å²) >= 11 is 11.7. The number of hydrogen-bond acceptors (Lipinski definition) is 2. The third-order valence-corrected chi connectivity index (χ3v) is 4.86. The Morgan fingerprint density at radius 1 is 1.23 bits per heavy atom. The van der Waals surface area contributed by atoms with Crippen LogP contribution in [0.25, 0.3) is 0 Å². The predicted octanol–water partition coefficient (Wildman–Crippen LogP) is 4.16. The first-order chi connectivity index (χ1) is 12.4. The third-order valence-electron chi connectivity index (χ3n) is 4.33. The van der Waals surface area contributed by atoms with E-state index in [0.29, 0.717) is 30.2 Å². The topological polar surface area (TPSA) is 49.4 Å². The Morgan fingerprint density at radius 3 is 2.77 bits per heavy atom. The molecule has 1 atom stereocenters. The molecule has 3 rings (SSSR count). The lowest BCUT2D eigenvalue weighted by molar-refractivity contribution is -0.128. The van der Waals surface area contributed by atoms with Crippen molar-refractivity contribution in [3.8, 4) is 0 Å². The van der Waals surface area contributed by atoms with E-state index in [4.69, 9.17) is 23.2 Å². The lowest BCUT2D eigenvalue weighted by Gasteiger charge is -2.16. The molecule has 1 unspecified atom stereocenters. The molecule has 2 aromatic rings. The molecule has 1 aliphatic heterocycles. The summed E-state index contributed by atoms with van der Waals surface area (Å²) in [4.78, 5) is 26.2. The molecule has 0 aromatic heterocycles. The number of carbonyl (C=O) groups is 2. The lowest BCUT2D eigenvalue weighted by Crippen LogP contribution is -2.30. The SMILES string of the molecule is O=C(Nc1ccc(F)c(Cl)c1)C1CC(=O)N(CCc2cccc(Cl)c2)C1. The van der Waals surface area contributed by atoms with Gasteiger partial charge >= 0.3 is 0 Å². The number of nitrogens with one attached hydrogen (secondary N) is 1. The van der Waals surface area contributed by atoms with E-state index in [1.165, 1.54) is 18.2 Å². The van der Waals surface area contributed by atoms with Gasteiger partial charge in [-0.15, -0.1) is 0 Å². The van der Waals surface area contributed by atoms with Crippen molar-refractivity contribution in [3.63, 3.8) is 0 Å². The predicted molar refractivity (Wildman–Crippen MR) is 99.9 cm³/mol. The molecule has 0 aliphatic carbocycles. The van der Waals surface area contributed by atoms with Crippen LogP contribution < -0.4 is 5.32 Å². The van der Waals surface area contributed by atoms with Gasteiger partial charge in [0.1, 0.15) is 5.82 Å². The number of nitrogens with zero attached hydrogens (tertiary/aromatic N) is 1. The van der Waals surface area contributed by atoms with Crippen LogP contribution in [-0.4, -0.2) is 29.8 Å². The zero-order valence-electron chi connectivity index (χ0n) is 13.8. The number of rotatable bonds is 5. The van der Waals surface area contributed by atoms with Crippen molar-refractivity contribution < 1.29 is 14.0 Å². The highest BCUT2D eigenvalue weighted by molar-refractivity contribution is 6.31. The van der Waals surface area contributed by atoms with E-state index in [-0.39, 0.29) is 23.3 Å². The molecule has 1 N–H and O–H groups in total. The quantitative estimate of drug-likeness (QED) is 0.827. The van der Waals surface area contributed by atoms with Gasteiger partial charge in [-0.2, -0.15) is 0 Å². The summed E-state index contributed by atoms with van der Waals surface area (Å²) in [5, 5.41) is 3.28. The number of benzene rings is 2. The van der Waals surface area contributed by atoms with Gasteiger partial charge in [-0.1, -0.05) is 35.3 Å². The van der Waals surface area contributed by atoms with Crippen LogP contribution in [-0.2, 0) is 16.0 Å². The standard InChI is InChI=1S/C19H17Cl2FN2O2/c20-14-3-1-2-12(8-14)6-7-24-11-13(9-18(24)25)19(26)23-15-4-5-17(22)16(21)10-15/h1-5,8,10,13H,6-7,9,11H2,(H,23,26). The molecule has 1 saturated heterocycles. The molecule has 4 nitrogen and oxygen atoms in total. The maximum atomic E-state index is 13.2. The minimum Gasteiger partial charge on any atom is -0.342 e. The molecule has 1 aliphatic rings. The van der Waals surface area contributed by atoms with Gasteiger partial charge in [0, 0.05) is 30.2 Å². The third kappa shape index (κ3) is 4.54. The van der Waals surface area contributed by atoms with Gasteiger partial charge in [0.05, 0.1) is 10.9 Å². The van der Waals surface area contributed by atoms with Gasteiger partial charge in [0.2, 0.25) is 11.8 Å². The minimum absolute atomic E-state index is 0.0516. The van der Waals surface area contributed by atoms with Crippen LogP contribution in [0.2, 0.25) is 10.0 Å². The van der Waals surface area contributed by atoms with E-state index in [1.807, 2.05) is 18.2 Å². The lowest BCUT2D eigenvalue weighted by atomic mass is 10.1. The summed E-state index contributed by atoms with van der Waals surface area (Å²) in [6.45, 7) is 0.894. The van der Waals surface area contributed by atoms with Gasteiger partial charge in [0.15, 0.2) is 0 Å². The molecule has 0 saturated carbocycles. The minimum atomic E-state index is -0.548. The van der Waals surface area contributed by atoms with Crippen LogP contribution >= 0.6 is 23.2 Å². The molecule has 0 bridgehead atoms. The summed E-state index contributed by atoms with van der Waals surface area (Å²) in [6, 6.07) is 11.5. The highest BCUT2D eigenvalue weighted by Gasteiger charge is 2.34. The molecule has 1 heterocycles. The van der Waals surface area contributed by atoms with E-state index in [1.54, 1.807) is 11.0 Å². The Balaban J connectivity index is 1.56. The molecule has 7 heteroatoms. The van der Waals surface area contributed by atoms with Crippen molar-refractivity contribution in [1.82, 2.24) is 4.90 Å². The number of carbonyl (C=O) groups excluding carboxylic acids is 2. The Labute approximate surface area is 160 Å². The van der Waals surface area contributed by atoms with Crippen LogP contribution in [0.4, 0.5) is 10.1 Å². The highest BCUT2D eigenvalue weighted by atomic mass is 35.5. The Morgan fingerprint density at radius 2 is 2.04 bits per heavy atom. The number of halogens is 3. The van der Waals surface area contributed by atoms with E-state index < -0.39 is 11.7 Å². The number of likely N-dealkylation sites (tertiary alicyclic amines) is 1. The molecule has 1 fully saturated rings. The largest absolute Gasteiger partial charge is 0.342 e. The average Bonchev–Trinajstić information content (AvgIpc) is 2.97. The fraction of sp³-hybridized carbons (Fsp3) is 0.263. The summed E-state index contributed by atoms with van der Waals surface area (Å²) in [6.07, 6.45) is 0.838. The van der Waals surface area contributed by atoms with Gasteiger partial charge in [-0.25, -0.2) is 4.39 Å². The highest BCUT2D eigenvalue weighted by Crippen LogP contribution is 2.23.